The van der Waals surface area contributed by atoms with E-state index in [1.807, 2.05) is 67.6 Å². The van der Waals surface area contributed by atoms with Crippen molar-refractivity contribution in [3.63, 3.8) is 0 Å². The van der Waals surface area contributed by atoms with Gasteiger partial charge in [-0.25, -0.2) is 0 Å². The Kier molecular flexibility index (Phi) is 4.05. The lowest BCUT2D eigenvalue weighted by atomic mass is 9.60. The molecule has 2 amide bonds. The van der Waals surface area contributed by atoms with Crippen LogP contribution in [0.15, 0.2) is 72.8 Å². The first-order valence-corrected chi connectivity index (χ1v) is 12.2. The SMILES string of the molecule is Cc1cccc2c1NC(=O)C21C(C(=O)c2ccccc2)C2(C(=O)Nc3ccccc32)C2CCCN21. The summed E-state index contributed by atoms with van der Waals surface area (Å²) in [6.07, 6.45) is 1.61. The first kappa shape index (κ1) is 20.6. The number of ketones is 1. The van der Waals surface area contributed by atoms with Crippen LogP contribution < -0.4 is 10.6 Å². The lowest BCUT2D eigenvalue weighted by Crippen LogP contribution is -2.55. The number of para-hydroxylation sites is 2. The van der Waals surface area contributed by atoms with E-state index in [1.54, 1.807) is 12.1 Å². The van der Waals surface area contributed by atoms with E-state index in [2.05, 4.69) is 15.5 Å². The van der Waals surface area contributed by atoms with Gasteiger partial charge in [-0.1, -0.05) is 66.7 Å². The quantitative estimate of drug-likeness (QED) is 0.563. The van der Waals surface area contributed by atoms with Crippen LogP contribution in [0.1, 0.15) is 39.9 Å². The summed E-state index contributed by atoms with van der Waals surface area (Å²) in [6.45, 7) is 2.62. The molecule has 2 fully saturated rings. The summed E-state index contributed by atoms with van der Waals surface area (Å²) < 4.78 is 0. The third-order valence-electron chi connectivity index (χ3n) is 8.69. The third-order valence-corrected chi connectivity index (χ3v) is 8.69. The zero-order valence-corrected chi connectivity index (χ0v) is 19.4. The number of anilines is 2. The molecular formula is C29H25N3O3. The number of carbonyl (C=O) groups excluding carboxylic acids is 3. The molecule has 4 aliphatic heterocycles. The molecule has 3 aromatic carbocycles. The minimum Gasteiger partial charge on any atom is -0.325 e. The second-order valence-electron chi connectivity index (χ2n) is 10.1. The van der Waals surface area contributed by atoms with Gasteiger partial charge < -0.3 is 10.6 Å². The molecule has 0 aliphatic carbocycles. The van der Waals surface area contributed by atoms with Crippen molar-refractivity contribution in [2.75, 3.05) is 17.2 Å². The third kappa shape index (κ3) is 2.26. The number of amides is 2. The Bertz CT molecular complexity index is 1430. The van der Waals surface area contributed by atoms with Gasteiger partial charge in [-0.3, -0.25) is 19.3 Å². The summed E-state index contributed by atoms with van der Waals surface area (Å²) in [5.74, 6) is -1.47. The molecular weight excluding hydrogens is 438 g/mol. The molecule has 4 aliphatic rings. The Labute approximate surface area is 203 Å². The van der Waals surface area contributed by atoms with Gasteiger partial charge in [0.05, 0.1) is 5.92 Å². The van der Waals surface area contributed by atoms with Gasteiger partial charge in [0.25, 0.3) is 0 Å². The molecule has 2 N–H and O–H groups in total. The monoisotopic (exact) mass is 463 g/mol. The van der Waals surface area contributed by atoms with Gasteiger partial charge >= 0.3 is 0 Å². The van der Waals surface area contributed by atoms with Crippen molar-refractivity contribution in [3.8, 4) is 0 Å². The molecule has 0 radical (unpaired) electrons. The summed E-state index contributed by atoms with van der Waals surface area (Å²) in [4.78, 5) is 45.2. The fourth-order valence-corrected chi connectivity index (χ4v) is 7.49. The first-order chi connectivity index (χ1) is 17.0. The Balaban J connectivity index is 1.60. The predicted molar refractivity (Wildman–Crippen MR) is 132 cm³/mol. The van der Waals surface area contributed by atoms with Crippen LogP contribution in [-0.4, -0.2) is 35.1 Å². The van der Waals surface area contributed by atoms with E-state index in [0.717, 1.165) is 40.9 Å². The number of nitrogens with zero attached hydrogens (tertiary/aromatic N) is 1. The summed E-state index contributed by atoms with van der Waals surface area (Å²) in [7, 11) is 0. The first-order valence-electron chi connectivity index (χ1n) is 12.2. The minimum absolute atomic E-state index is 0.170. The highest BCUT2D eigenvalue weighted by Crippen LogP contribution is 2.66. The van der Waals surface area contributed by atoms with Crippen LogP contribution in [0.4, 0.5) is 11.4 Å². The highest BCUT2D eigenvalue weighted by atomic mass is 16.2. The second-order valence-corrected chi connectivity index (χ2v) is 10.1. The number of hydrogen-bond donors (Lipinski definition) is 2. The van der Waals surface area contributed by atoms with Gasteiger partial charge in [-0.15, -0.1) is 0 Å². The van der Waals surface area contributed by atoms with E-state index in [9.17, 15) is 14.4 Å². The van der Waals surface area contributed by atoms with Crippen LogP contribution in [-0.2, 0) is 20.5 Å². The molecule has 0 saturated carbocycles. The molecule has 35 heavy (non-hydrogen) atoms. The fraction of sp³-hybridized carbons (Fsp3) is 0.276. The molecule has 6 nitrogen and oxygen atoms in total. The zero-order chi connectivity index (χ0) is 23.9. The highest BCUT2D eigenvalue weighted by Gasteiger charge is 2.78. The topological polar surface area (TPSA) is 78.5 Å². The van der Waals surface area contributed by atoms with Crippen LogP contribution in [0.2, 0.25) is 0 Å². The number of rotatable bonds is 2. The van der Waals surface area contributed by atoms with Gasteiger partial charge in [0, 0.05) is 28.5 Å². The van der Waals surface area contributed by atoms with E-state index >= 15 is 0 Å². The van der Waals surface area contributed by atoms with E-state index in [0.29, 0.717) is 12.1 Å². The van der Waals surface area contributed by atoms with E-state index in [-0.39, 0.29) is 23.6 Å². The summed E-state index contributed by atoms with van der Waals surface area (Å²) in [6, 6.07) is 22.4. The van der Waals surface area contributed by atoms with Gasteiger partial charge in [-0.2, -0.15) is 0 Å². The maximum Gasteiger partial charge on any atom is 0.250 e. The van der Waals surface area contributed by atoms with Crippen molar-refractivity contribution in [3.05, 3.63) is 95.1 Å². The molecule has 2 spiro atoms. The number of aryl methyl sites for hydroxylation is 1. The lowest BCUT2D eigenvalue weighted by Gasteiger charge is -2.38. The maximum atomic E-state index is 14.6. The van der Waals surface area contributed by atoms with Crippen molar-refractivity contribution in [1.82, 2.24) is 4.90 Å². The van der Waals surface area contributed by atoms with Crippen molar-refractivity contribution >= 4 is 29.0 Å². The minimum atomic E-state index is -1.26. The molecule has 3 aromatic rings. The molecule has 4 heterocycles. The summed E-state index contributed by atoms with van der Waals surface area (Å²) in [5.41, 5.74) is 2.16. The van der Waals surface area contributed by atoms with Crippen LogP contribution in [0.3, 0.4) is 0 Å². The smallest absolute Gasteiger partial charge is 0.250 e. The molecule has 174 valence electrons. The van der Waals surface area contributed by atoms with E-state index < -0.39 is 16.9 Å². The highest BCUT2D eigenvalue weighted by molar-refractivity contribution is 6.19. The van der Waals surface area contributed by atoms with Crippen LogP contribution in [0.5, 0.6) is 0 Å². The average Bonchev–Trinajstić information content (AvgIpc) is 3.59. The van der Waals surface area contributed by atoms with Crippen LogP contribution in [0.25, 0.3) is 0 Å². The Hall–Kier alpha value is -3.77. The zero-order valence-electron chi connectivity index (χ0n) is 19.4. The molecule has 2 saturated heterocycles. The largest absolute Gasteiger partial charge is 0.325 e. The predicted octanol–water partition coefficient (Wildman–Crippen LogP) is 4.01. The summed E-state index contributed by atoms with van der Waals surface area (Å²) in [5, 5.41) is 6.21. The molecule has 4 unspecified atom stereocenters. The van der Waals surface area contributed by atoms with Crippen LogP contribution in [0, 0.1) is 12.8 Å². The Morgan fingerprint density at radius 3 is 2.46 bits per heavy atom. The molecule has 4 atom stereocenters. The molecule has 6 heteroatoms. The number of nitrogens with one attached hydrogen (secondary N) is 2. The van der Waals surface area contributed by atoms with Crippen molar-refractivity contribution in [2.24, 2.45) is 5.92 Å². The number of Topliss-reactive ketones (excluding diaryl/α,β-unsaturated/α-hetero) is 1. The average molecular weight is 464 g/mol. The van der Waals surface area contributed by atoms with Crippen molar-refractivity contribution in [1.29, 1.82) is 0 Å². The Morgan fingerprint density at radius 2 is 1.63 bits per heavy atom. The Morgan fingerprint density at radius 1 is 0.886 bits per heavy atom. The normalized spacial score (nSPS) is 30.3. The molecule has 0 aromatic heterocycles. The maximum absolute atomic E-state index is 14.6. The van der Waals surface area contributed by atoms with Crippen LogP contribution >= 0.6 is 0 Å². The van der Waals surface area contributed by atoms with Crippen molar-refractivity contribution < 1.29 is 14.4 Å². The van der Waals surface area contributed by atoms with E-state index in [1.165, 1.54) is 0 Å². The van der Waals surface area contributed by atoms with Gasteiger partial charge in [0.15, 0.2) is 5.78 Å². The van der Waals surface area contributed by atoms with E-state index in [4.69, 9.17) is 0 Å². The number of fused-ring (bicyclic) bond motifs is 7. The standard InChI is InChI=1S/C29H25N3O3/c1-17-9-7-13-20-23(17)31-27(35)29(20)25(24(33)18-10-3-2-4-11-18)28(22-15-8-16-32(22)29)19-12-5-6-14-21(19)30-26(28)34/h2-7,9-14,22,25H,8,15-16H2,1H3,(H,30,34)(H,31,35). The fourth-order valence-electron chi connectivity index (χ4n) is 7.49. The lowest BCUT2D eigenvalue weighted by molar-refractivity contribution is -0.128. The van der Waals surface area contributed by atoms with Gasteiger partial charge in [0.2, 0.25) is 11.8 Å². The number of hydrogen-bond acceptors (Lipinski definition) is 4. The molecule has 0 bridgehead atoms. The molecule has 7 rings (SSSR count). The second kappa shape index (κ2) is 6.89. The number of benzene rings is 3. The number of carbonyl (C=O) groups is 3. The summed E-state index contributed by atoms with van der Waals surface area (Å²) >= 11 is 0. The van der Waals surface area contributed by atoms with Gasteiger partial charge in [0.1, 0.15) is 11.0 Å². The van der Waals surface area contributed by atoms with Gasteiger partial charge in [-0.05, 0) is 43.5 Å². The van der Waals surface area contributed by atoms with Crippen molar-refractivity contribution in [2.45, 2.75) is 36.8 Å².